The molecule has 0 aromatic carbocycles. The van der Waals surface area contributed by atoms with E-state index in [1.807, 2.05) is 0 Å². The Morgan fingerprint density at radius 2 is 0.850 bits per heavy atom. The molecule has 0 fully saturated rings. The smallest absolute Gasteiger partial charge is 0.200 e. The molecule has 0 bridgehead atoms. The summed E-state index contributed by atoms with van der Waals surface area (Å²) in [5.74, 6) is 0. The van der Waals surface area contributed by atoms with Gasteiger partial charge in [-0.15, -0.1) is 0 Å². The molecule has 0 saturated carbocycles. The van der Waals surface area contributed by atoms with Crippen LogP contribution >= 0.6 is 0 Å². The van der Waals surface area contributed by atoms with Crippen molar-refractivity contribution in [3.8, 4) is 0 Å². The van der Waals surface area contributed by atoms with E-state index >= 15 is 0 Å². The van der Waals surface area contributed by atoms with Crippen LogP contribution in [0.1, 0.15) is 0 Å². The van der Waals surface area contributed by atoms with Crippen LogP contribution in [0.2, 0.25) is 0 Å². The third-order valence-corrected chi connectivity index (χ3v) is 6.89. The van der Waals surface area contributed by atoms with Crippen molar-refractivity contribution in [2.75, 3.05) is 0 Å². The Hall–Kier alpha value is -0.0826. The van der Waals surface area contributed by atoms with Crippen molar-refractivity contribution in [1.82, 2.24) is 3.12 Å². The predicted molar refractivity (Wildman–Crippen MR) is 47.6 cm³/mol. The molecule has 117 valence electrons. The monoisotopic (exact) mass is 370 g/mol. The van der Waals surface area contributed by atoms with Crippen molar-refractivity contribution in [2.24, 2.45) is 0 Å². The van der Waals surface area contributed by atoms with Crippen LogP contribution in [0.4, 0.5) is 30.2 Å². The zero-order valence-corrected chi connectivity index (χ0v) is 11.2. The second kappa shape index (κ2) is 5.60. The summed E-state index contributed by atoms with van der Waals surface area (Å²) >= 11 is 0. The topological polar surface area (TPSA) is 106 Å². The number of rotatable bonds is 3. The molecule has 0 saturated heterocycles. The molecule has 0 unspecified atom stereocenters. The van der Waals surface area contributed by atoms with E-state index < -0.39 is 44.6 Å². The molecule has 0 amide bonds. The van der Waals surface area contributed by atoms with Crippen LogP contribution in [0.25, 0.3) is 0 Å². The molecule has 18 heteroatoms. The normalized spacial score (nSPS) is 15.0. The first-order chi connectivity index (χ1) is 7.87. The molecule has 0 rings (SSSR count). The molecule has 7 nitrogen and oxygen atoms in total. The van der Waals surface area contributed by atoms with Gasteiger partial charge in [-0.1, -0.05) is 3.89 Å². The molecular formula is C2F7LiNO6S3. The molecule has 0 aliphatic rings. The summed E-state index contributed by atoms with van der Waals surface area (Å²) < 4.78 is 142. The molecule has 1 radical (unpaired) electrons. The Morgan fingerprint density at radius 1 is 0.650 bits per heavy atom. The summed E-state index contributed by atoms with van der Waals surface area (Å²) in [4.78, 5) is 0. The Bertz CT molecular complexity index is 612. The third kappa shape index (κ3) is 3.97. The van der Waals surface area contributed by atoms with Gasteiger partial charge in [0.25, 0.3) is 0 Å². The molecule has 0 aliphatic carbocycles. The molecule has 0 aromatic heterocycles. The fraction of sp³-hybridized carbons (Fsp3) is 1.00. The first-order valence-corrected chi connectivity index (χ1v) is 7.46. The van der Waals surface area contributed by atoms with E-state index in [1.165, 1.54) is 0 Å². The number of halogens is 7. The van der Waals surface area contributed by atoms with Crippen LogP contribution in [0.3, 0.4) is 0 Å². The van der Waals surface area contributed by atoms with Crippen molar-refractivity contribution in [3.05, 3.63) is 0 Å². The summed E-state index contributed by atoms with van der Waals surface area (Å²) in [6, 6.07) is 0. The summed E-state index contributed by atoms with van der Waals surface area (Å²) in [6.07, 6.45) is 0. The predicted octanol–water partition coefficient (Wildman–Crippen LogP) is -0.179. The van der Waals surface area contributed by atoms with E-state index in [2.05, 4.69) is 0 Å². The third-order valence-electron chi connectivity index (χ3n) is 1.16. The van der Waals surface area contributed by atoms with Crippen molar-refractivity contribution < 1.29 is 55.5 Å². The number of sulfonamides is 2. The molecular weight excluding hydrogens is 370 g/mol. The van der Waals surface area contributed by atoms with Gasteiger partial charge in [0, 0.05) is 18.9 Å². The molecule has 20 heavy (non-hydrogen) atoms. The molecule has 0 heterocycles. The molecule has 0 aromatic rings. The minimum absolute atomic E-state index is 0. The number of alkyl halides is 6. The quantitative estimate of drug-likeness (QED) is 0.388. The van der Waals surface area contributed by atoms with Crippen molar-refractivity contribution in [1.29, 1.82) is 0 Å². The summed E-state index contributed by atoms with van der Waals surface area (Å²) in [5, 5.41) is 0. The van der Waals surface area contributed by atoms with E-state index in [0.717, 1.165) is 0 Å². The standard InChI is InChI=1S/C2F7NO6S3.Li/c3-1(4,5)17(11,12)10(19(9,15)16)18(13,14)2(6,7)8;. The van der Waals surface area contributed by atoms with E-state index in [0.29, 0.717) is 0 Å². The minimum Gasteiger partial charge on any atom is -0.200 e. The molecule has 0 atom stereocenters. The van der Waals surface area contributed by atoms with Crippen LogP contribution in [-0.2, 0) is 30.5 Å². The number of hydrogen-bond donors (Lipinski definition) is 0. The first-order valence-electron chi connectivity index (χ1n) is 3.24. The van der Waals surface area contributed by atoms with Gasteiger partial charge < -0.3 is 0 Å². The Labute approximate surface area is 119 Å². The number of nitrogens with zero attached hydrogens (tertiary/aromatic N) is 1. The van der Waals surface area contributed by atoms with Crippen molar-refractivity contribution >= 4 is 49.3 Å². The van der Waals surface area contributed by atoms with Gasteiger partial charge in [-0.25, -0.2) is 16.8 Å². The van der Waals surface area contributed by atoms with Crippen molar-refractivity contribution in [3.63, 3.8) is 0 Å². The van der Waals surface area contributed by atoms with Gasteiger partial charge in [0.15, 0.2) is 0 Å². The fourth-order valence-electron chi connectivity index (χ4n) is 0.533. The maximum Gasteiger partial charge on any atom is 0.513 e. The largest absolute Gasteiger partial charge is 0.513 e. The number of hydrogen-bond acceptors (Lipinski definition) is 6. The zero-order valence-electron chi connectivity index (χ0n) is 8.77. The second-order valence-electron chi connectivity index (χ2n) is 2.48. The summed E-state index contributed by atoms with van der Waals surface area (Å²) in [5.41, 5.74) is -13.6. The second-order valence-corrected chi connectivity index (χ2v) is 7.92. The van der Waals surface area contributed by atoms with Gasteiger partial charge in [-0.2, -0.15) is 34.8 Å². The van der Waals surface area contributed by atoms with E-state index in [-0.39, 0.29) is 18.9 Å². The van der Waals surface area contributed by atoms with E-state index in [9.17, 15) is 55.5 Å². The van der Waals surface area contributed by atoms with Gasteiger partial charge >= 0.3 is 41.5 Å². The summed E-state index contributed by atoms with van der Waals surface area (Å²) in [7, 11) is -22.8. The van der Waals surface area contributed by atoms with Crippen LogP contribution in [0.5, 0.6) is 0 Å². The fourth-order valence-corrected chi connectivity index (χ4v) is 4.79. The van der Waals surface area contributed by atoms with Crippen molar-refractivity contribution in [2.45, 2.75) is 11.0 Å². The SMILES string of the molecule is O=S(=O)(F)N(S(=O)(=O)C(F)(F)F)S(=O)(=O)C(F)(F)F.[Li]. The van der Waals surface area contributed by atoms with Gasteiger partial charge in [0.1, 0.15) is 0 Å². The van der Waals surface area contributed by atoms with Gasteiger partial charge in [-0.3, -0.25) is 0 Å². The van der Waals surface area contributed by atoms with E-state index in [4.69, 9.17) is 0 Å². The molecule has 0 aliphatic heterocycles. The van der Waals surface area contributed by atoms with Gasteiger partial charge in [0.2, 0.25) is 0 Å². The maximum absolute atomic E-state index is 12.2. The Kier molecular flexibility index (Phi) is 6.22. The average Bonchev–Trinajstić information content (AvgIpc) is 1.93. The van der Waals surface area contributed by atoms with Crippen LogP contribution in [-0.4, -0.2) is 58.2 Å². The van der Waals surface area contributed by atoms with Crippen LogP contribution in [0, 0.1) is 0 Å². The van der Waals surface area contributed by atoms with Gasteiger partial charge in [0.05, 0.1) is 3.12 Å². The molecule has 0 N–H and O–H groups in total. The zero-order chi connectivity index (χ0) is 16.1. The summed E-state index contributed by atoms with van der Waals surface area (Å²) in [6.45, 7) is 0. The Balaban J connectivity index is 0. The van der Waals surface area contributed by atoms with Gasteiger partial charge in [-0.05, 0) is 0 Å². The minimum atomic E-state index is -7.67. The van der Waals surface area contributed by atoms with Crippen LogP contribution in [0.15, 0.2) is 0 Å². The molecule has 0 spiro atoms. The average molecular weight is 370 g/mol. The van der Waals surface area contributed by atoms with Crippen LogP contribution < -0.4 is 0 Å². The maximum atomic E-state index is 12.2. The Morgan fingerprint density at radius 3 is 0.950 bits per heavy atom. The first kappa shape index (κ1) is 22.2. The van der Waals surface area contributed by atoms with E-state index in [1.54, 1.807) is 0 Å².